The van der Waals surface area contributed by atoms with Crippen molar-refractivity contribution >= 4 is 52.4 Å². The molecule has 1 saturated heterocycles. The minimum Gasteiger partial charge on any atom is -0.468 e. The van der Waals surface area contributed by atoms with Crippen LogP contribution in [-0.2, 0) is 28.7 Å². The Hall–Kier alpha value is -5.59. The SMILES string of the molecule is COC(=O)CNC(=O)C1(NC(=O)[C@@H]2C3CCC(C3)[C@H]2C2=NC=C(c3ccc(-c4ccc(C5=CN=C([C@@H]6CCCN6C(=O)[C@@H](NC(=O)OC)C(C)C)C5)cc4)cc3)C2)CCCCC1. The third-order valence-corrected chi connectivity index (χ3v) is 14.4. The first-order valence-electron chi connectivity index (χ1n) is 22.5. The number of benzene rings is 2. The molecule has 0 aromatic heterocycles. The lowest BCUT2D eigenvalue weighted by atomic mass is 9.73. The lowest BCUT2D eigenvalue weighted by Crippen LogP contribution is -2.62. The summed E-state index contributed by atoms with van der Waals surface area (Å²) in [6, 6.07) is 16.4. The Morgan fingerprint density at radius 2 is 1.35 bits per heavy atom. The third kappa shape index (κ3) is 8.72. The summed E-state index contributed by atoms with van der Waals surface area (Å²) in [7, 11) is 2.59. The van der Waals surface area contributed by atoms with E-state index in [1.54, 1.807) is 0 Å². The van der Waals surface area contributed by atoms with Gasteiger partial charge in [-0.1, -0.05) is 81.6 Å². The number of rotatable bonds is 13. The van der Waals surface area contributed by atoms with E-state index in [1.807, 2.05) is 31.1 Å². The van der Waals surface area contributed by atoms with Crippen LogP contribution in [0.25, 0.3) is 22.3 Å². The van der Waals surface area contributed by atoms with Gasteiger partial charge in [0.15, 0.2) is 0 Å². The van der Waals surface area contributed by atoms with Crippen molar-refractivity contribution in [3.05, 3.63) is 72.1 Å². The number of nitrogens with zero attached hydrogens (tertiary/aromatic N) is 3. The maximum atomic E-state index is 14.3. The van der Waals surface area contributed by atoms with Crippen molar-refractivity contribution in [2.24, 2.45) is 39.6 Å². The number of amides is 4. The van der Waals surface area contributed by atoms with Crippen LogP contribution in [0.3, 0.4) is 0 Å². The lowest BCUT2D eigenvalue weighted by Gasteiger charge is -2.39. The second-order valence-electron chi connectivity index (χ2n) is 18.4. The van der Waals surface area contributed by atoms with Crippen LogP contribution in [0.1, 0.15) is 102 Å². The molecule has 3 heterocycles. The normalized spacial score (nSPS) is 25.4. The molecule has 3 aliphatic carbocycles. The fourth-order valence-electron chi connectivity index (χ4n) is 11.1. The topological polar surface area (TPSA) is 168 Å². The van der Waals surface area contributed by atoms with Gasteiger partial charge in [0.25, 0.3) is 0 Å². The van der Waals surface area contributed by atoms with Crippen molar-refractivity contribution in [1.29, 1.82) is 0 Å². The molecule has 4 fully saturated rings. The molecule has 2 bridgehead atoms. The van der Waals surface area contributed by atoms with Gasteiger partial charge in [0.1, 0.15) is 18.1 Å². The molecule has 0 spiro atoms. The van der Waals surface area contributed by atoms with Crippen LogP contribution in [0.2, 0.25) is 0 Å². The number of hydrogen-bond donors (Lipinski definition) is 3. The Morgan fingerprint density at radius 1 is 0.758 bits per heavy atom. The smallest absolute Gasteiger partial charge is 0.407 e. The Labute approximate surface area is 364 Å². The van der Waals surface area contributed by atoms with E-state index in [0.717, 1.165) is 96.2 Å². The van der Waals surface area contributed by atoms with E-state index in [1.165, 1.54) is 14.2 Å². The van der Waals surface area contributed by atoms with Crippen molar-refractivity contribution < 1.29 is 33.4 Å². The maximum absolute atomic E-state index is 14.3. The molecule has 13 heteroatoms. The molecule has 3 N–H and O–H groups in total. The van der Waals surface area contributed by atoms with Gasteiger partial charge in [0, 0.05) is 55.0 Å². The summed E-state index contributed by atoms with van der Waals surface area (Å²) >= 11 is 0. The minimum atomic E-state index is -1.02. The molecular weight excluding hydrogens is 785 g/mol. The molecule has 2 aromatic carbocycles. The molecule has 0 radical (unpaired) electrons. The first-order valence-corrected chi connectivity index (χ1v) is 22.5. The third-order valence-electron chi connectivity index (χ3n) is 14.4. The van der Waals surface area contributed by atoms with E-state index in [-0.39, 0.29) is 54.0 Å². The van der Waals surface area contributed by atoms with Gasteiger partial charge in [-0.15, -0.1) is 0 Å². The Balaban J connectivity index is 0.871. The zero-order valence-corrected chi connectivity index (χ0v) is 36.4. The maximum Gasteiger partial charge on any atom is 0.407 e. The number of ether oxygens (including phenoxy) is 2. The van der Waals surface area contributed by atoms with Gasteiger partial charge in [-0.2, -0.15) is 0 Å². The summed E-state index contributed by atoms with van der Waals surface area (Å²) in [4.78, 5) is 76.9. The number of nitrogens with one attached hydrogen (secondary N) is 3. The monoisotopic (exact) mass is 844 g/mol. The lowest BCUT2D eigenvalue weighted by molar-refractivity contribution is -0.143. The number of aliphatic imine (C=N–C) groups is 2. The summed E-state index contributed by atoms with van der Waals surface area (Å²) in [6.45, 7) is 4.25. The molecule has 13 nitrogen and oxygen atoms in total. The number of carbonyl (C=O) groups is 5. The summed E-state index contributed by atoms with van der Waals surface area (Å²) in [5.74, 6) is -0.565. The quantitative estimate of drug-likeness (QED) is 0.185. The molecule has 8 rings (SSSR count). The number of fused-ring (bicyclic) bond motifs is 2. The van der Waals surface area contributed by atoms with E-state index >= 15 is 0 Å². The highest BCUT2D eigenvalue weighted by molar-refractivity contribution is 6.05. The van der Waals surface area contributed by atoms with Gasteiger partial charge < -0.3 is 30.3 Å². The van der Waals surface area contributed by atoms with Crippen LogP contribution in [0.15, 0.2) is 70.9 Å². The standard InChI is InChI=1S/C49H60N6O7/c1-29(2)44(53-48(60)62-4)46(58)55-22-8-9-40(55)38-24-36(26-50-38)32-14-10-30(11-15-32)31-12-16-33(17-13-31)37-25-39(51-27-37)42-34-18-19-35(23-34)43(42)45(57)54-49(20-6-5-7-21-49)47(59)52-28-41(56)61-3/h10-17,26-27,29,34-35,40,42-44H,5-9,18-25,28H2,1-4H3,(H,52,59)(H,53,60)(H,54,57)/t34?,35?,40-,42-,43+,44-/m0/s1. The molecule has 2 aromatic rings. The zero-order valence-electron chi connectivity index (χ0n) is 36.4. The number of hydrogen-bond acceptors (Lipinski definition) is 9. The van der Waals surface area contributed by atoms with Crippen LogP contribution in [-0.4, -0.2) is 91.0 Å². The molecule has 62 heavy (non-hydrogen) atoms. The molecule has 328 valence electrons. The number of methoxy groups -OCH3 is 2. The van der Waals surface area contributed by atoms with Crippen LogP contribution in [0.4, 0.5) is 4.79 Å². The second-order valence-corrected chi connectivity index (χ2v) is 18.4. The summed E-state index contributed by atoms with van der Waals surface area (Å²) in [5.41, 5.74) is 7.69. The van der Waals surface area contributed by atoms with Crippen LogP contribution in [0, 0.1) is 29.6 Å². The minimum absolute atomic E-state index is 0.0441. The largest absolute Gasteiger partial charge is 0.468 e. The van der Waals surface area contributed by atoms with Crippen molar-refractivity contribution in [3.8, 4) is 11.1 Å². The van der Waals surface area contributed by atoms with E-state index in [2.05, 4.69) is 64.5 Å². The second kappa shape index (κ2) is 18.4. The van der Waals surface area contributed by atoms with E-state index in [0.29, 0.717) is 38.1 Å². The van der Waals surface area contributed by atoms with Gasteiger partial charge in [-0.3, -0.25) is 29.2 Å². The first-order chi connectivity index (χ1) is 30.0. The Kier molecular flexibility index (Phi) is 12.8. The predicted molar refractivity (Wildman–Crippen MR) is 238 cm³/mol. The van der Waals surface area contributed by atoms with E-state index < -0.39 is 23.6 Å². The molecule has 6 aliphatic rings. The van der Waals surface area contributed by atoms with Crippen molar-refractivity contribution in [2.75, 3.05) is 27.3 Å². The molecule has 4 amide bonds. The molecule has 3 aliphatic heterocycles. The first kappa shape index (κ1) is 43.1. The van der Waals surface area contributed by atoms with E-state index in [9.17, 15) is 24.0 Å². The number of alkyl carbamates (subject to hydrolysis) is 1. The highest BCUT2D eigenvalue weighted by atomic mass is 16.5. The number of likely N-dealkylation sites (tertiary alicyclic amines) is 1. The number of allylic oxidation sites excluding steroid dienone is 2. The molecule has 2 unspecified atom stereocenters. The molecule has 3 saturated carbocycles. The molecule has 6 atom stereocenters. The highest BCUT2D eigenvalue weighted by Gasteiger charge is 2.54. The van der Waals surface area contributed by atoms with Crippen LogP contribution in [0.5, 0.6) is 0 Å². The van der Waals surface area contributed by atoms with Crippen molar-refractivity contribution in [3.63, 3.8) is 0 Å². The molecular formula is C49H60N6O7. The van der Waals surface area contributed by atoms with Crippen molar-refractivity contribution in [1.82, 2.24) is 20.9 Å². The highest BCUT2D eigenvalue weighted by Crippen LogP contribution is 2.54. The van der Waals surface area contributed by atoms with Gasteiger partial charge in [-0.05, 0) is 96.1 Å². The number of carbonyl (C=O) groups excluding carboxylic acids is 5. The summed E-state index contributed by atoms with van der Waals surface area (Å²) in [5, 5.41) is 8.71. The summed E-state index contributed by atoms with van der Waals surface area (Å²) in [6.07, 6.45) is 13.3. The van der Waals surface area contributed by atoms with Gasteiger partial charge in [0.2, 0.25) is 17.7 Å². The van der Waals surface area contributed by atoms with Gasteiger partial charge in [-0.25, -0.2) is 4.79 Å². The summed E-state index contributed by atoms with van der Waals surface area (Å²) < 4.78 is 9.51. The Morgan fingerprint density at radius 3 is 1.97 bits per heavy atom. The van der Waals surface area contributed by atoms with Crippen LogP contribution >= 0.6 is 0 Å². The van der Waals surface area contributed by atoms with Gasteiger partial charge in [0.05, 0.1) is 20.3 Å². The van der Waals surface area contributed by atoms with Crippen LogP contribution < -0.4 is 16.0 Å². The average molecular weight is 845 g/mol. The van der Waals surface area contributed by atoms with Gasteiger partial charge >= 0.3 is 12.1 Å². The Bertz CT molecular complexity index is 2190. The zero-order chi connectivity index (χ0) is 43.5. The fraction of sp³-hybridized carbons (Fsp3) is 0.531. The van der Waals surface area contributed by atoms with E-state index in [4.69, 9.17) is 19.5 Å². The van der Waals surface area contributed by atoms with Crippen molar-refractivity contribution in [2.45, 2.75) is 109 Å². The predicted octanol–water partition coefficient (Wildman–Crippen LogP) is 6.87. The fourth-order valence-corrected chi connectivity index (χ4v) is 11.1. The number of esters is 1. The average Bonchev–Trinajstić information content (AvgIpc) is 4.16.